The molecular formula is C25H26N2O2. The van der Waals surface area contributed by atoms with E-state index in [1.165, 1.54) is 0 Å². The first kappa shape index (κ1) is 20.4. The summed E-state index contributed by atoms with van der Waals surface area (Å²) in [6.07, 6.45) is 5.51. The fourth-order valence-electron chi connectivity index (χ4n) is 3.20. The lowest BCUT2D eigenvalue weighted by atomic mass is 9.84. The van der Waals surface area contributed by atoms with Crippen molar-refractivity contribution < 1.29 is 9.53 Å². The van der Waals surface area contributed by atoms with E-state index in [9.17, 15) is 4.79 Å². The highest BCUT2D eigenvalue weighted by Crippen LogP contribution is 2.32. The van der Waals surface area contributed by atoms with Crippen LogP contribution >= 0.6 is 0 Å². The summed E-state index contributed by atoms with van der Waals surface area (Å²) in [7, 11) is 0. The van der Waals surface area contributed by atoms with E-state index in [1.807, 2.05) is 51.1 Å². The average Bonchev–Trinajstić information content (AvgIpc) is 3.06. The molecule has 0 aliphatic rings. The summed E-state index contributed by atoms with van der Waals surface area (Å²) < 4.78 is 7.76. The monoisotopic (exact) mass is 386 g/mol. The minimum Gasteiger partial charge on any atom is -0.426 e. The lowest BCUT2D eigenvalue weighted by molar-refractivity contribution is -0.141. The smallest absolute Gasteiger partial charge is 0.321 e. The number of benzene rings is 2. The van der Waals surface area contributed by atoms with Gasteiger partial charge in [-0.1, -0.05) is 48.0 Å². The minimum atomic E-state index is -0.764. The summed E-state index contributed by atoms with van der Waals surface area (Å²) in [5, 5.41) is 9.95. The number of aromatic nitrogens is 1. The molecule has 0 atom stereocenters. The number of esters is 1. The number of rotatable bonds is 7. The first-order valence-corrected chi connectivity index (χ1v) is 9.84. The van der Waals surface area contributed by atoms with Crippen LogP contribution in [0.25, 0.3) is 17.0 Å². The van der Waals surface area contributed by atoms with Crippen molar-refractivity contribution in [3.8, 4) is 11.8 Å². The molecular weight excluding hydrogens is 360 g/mol. The minimum absolute atomic E-state index is 0.282. The Morgan fingerprint density at radius 2 is 1.83 bits per heavy atom. The van der Waals surface area contributed by atoms with Crippen molar-refractivity contribution in [2.24, 2.45) is 5.41 Å². The number of carbonyl (C=O) groups excluding carboxylic acids is 1. The molecule has 0 aliphatic heterocycles. The van der Waals surface area contributed by atoms with Gasteiger partial charge in [-0.05, 0) is 51.0 Å². The fourth-order valence-corrected chi connectivity index (χ4v) is 3.20. The summed E-state index contributed by atoms with van der Waals surface area (Å²) in [5.74, 6) is 0.266. The van der Waals surface area contributed by atoms with E-state index >= 15 is 0 Å². The zero-order valence-corrected chi connectivity index (χ0v) is 17.2. The van der Waals surface area contributed by atoms with E-state index in [0.29, 0.717) is 12.2 Å². The van der Waals surface area contributed by atoms with Crippen molar-refractivity contribution in [3.63, 3.8) is 0 Å². The number of hydrogen-bond acceptors (Lipinski definition) is 3. The number of aryl methyl sites for hydroxylation is 1. The molecule has 3 rings (SSSR count). The first-order chi connectivity index (χ1) is 13.9. The van der Waals surface area contributed by atoms with Gasteiger partial charge >= 0.3 is 5.97 Å². The van der Waals surface area contributed by atoms with Gasteiger partial charge in [0.1, 0.15) is 5.75 Å². The number of nitrogens with zero attached hydrogens (tertiary/aromatic N) is 2. The molecule has 0 unspecified atom stereocenters. The van der Waals surface area contributed by atoms with Crippen LogP contribution in [0, 0.1) is 16.7 Å². The van der Waals surface area contributed by atoms with Crippen LogP contribution in [0.2, 0.25) is 0 Å². The van der Waals surface area contributed by atoms with Crippen LogP contribution in [0.3, 0.4) is 0 Å². The SMILES string of the molecule is C/C(=C\c1cn(CCCC#N)c2ccccc12)C(C)(C)C(=O)Oc1ccccc1. The van der Waals surface area contributed by atoms with Crippen molar-refractivity contribution in [1.82, 2.24) is 4.57 Å². The van der Waals surface area contributed by atoms with Crippen LogP contribution in [0.15, 0.2) is 66.4 Å². The molecule has 4 nitrogen and oxygen atoms in total. The van der Waals surface area contributed by atoms with Gasteiger partial charge in [-0.25, -0.2) is 0 Å². The summed E-state index contributed by atoms with van der Waals surface area (Å²) in [4.78, 5) is 12.8. The summed E-state index contributed by atoms with van der Waals surface area (Å²) in [6.45, 7) is 6.53. The Bertz CT molecular complexity index is 1070. The van der Waals surface area contributed by atoms with Crippen molar-refractivity contribution in [3.05, 3.63) is 71.9 Å². The Kier molecular flexibility index (Phi) is 6.19. The van der Waals surface area contributed by atoms with Crippen molar-refractivity contribution >= 4 is 22.9 Å². The van der Waals surface area contributed by atoms with Crippen LogP contribution in [0.1, 0.15) is 39.2 Å². The number of fused-ring (bicyclic) bond motifs is 1. The molecule has 2 aromatic carbocycles. The van der Waals surface area contributed by atoms with Gasteiger partial charge in [0.2, 0.25) is 0 Å². The number of nitriles is 1. The quantitative estimate of drug-likeness (QED) is 0.285. The second-order valence-corrected chi connectivity index (χ2v) is 7.71. The standard InChI is InChI=1S/C25H26N2O2/c1-19(25(2,3)24(28)29-21-11-5-4-6-12-21)17-20-18-27(16-10-9-15-26)23-14-8-7-13-22(20)23/h4-8,11-14,17-18H,9-10,16H2,1-3H3/b19-17+. The Morgan fingerprint density at radius 1 is 1.14 bits per heavy atom. The van der Waals surface area contributed by atoms with Crippen LogP contribution in [0.4, 0.5) is 0 Å². The second kappa shape index (κ2) is 8.79. The zero-order valence-electron chi connectivity index (χ0n) is 17.2. The topological polar surface area (TPSA) is 55.0 Å². The molecule has 0 amide bonds. The molecule has 0 saturated carbocycles. The Morgan fingerprint density at radius 3 is 2.55 bits per heavy atom. The molecule has 0 saturated heterocycles. The lowest BCUT2D eigenvalue weighted by Crippen LogP contribution is -2.30. The van der Waals surface area contributed by atoms with E-state index in [2.05, 4.69) is 35.0 Å². The third kappa shape index (κ3) is 4.57. The lowest BCUT2D eigenvalue weighted by Gasteiger charge is -2.23. The molecule has 148 valence electrons. The number of para-hydroxylation sites is 2. The molecule has 0 bridgehead atoms. The average molecular weight is 386 g/mol. The molecule has 0 fully saturated rings. The molecule has 0 aliphatic carbocycles. The fraction of sp³-hybridized carbons (Fsp3) is 0.280. The first-order valence-electron chi connectivity index (χ1n) is 9.84. The predicted molar refractivity (Wildman–Crippen MR) is 116 cm³/mol. The third-order valence-electron chi connectivity index (χ3n) is 5.33. The van der Waals surface area contributed by atoms with Crippen LogP contribution in [-0.2, 0) is 11.3 Å². The maximum absolute atomic E-state index is 12.8. The Hall–Kier alpha value is -3.32. The van der Waals surface area contributed by atoms with Gasteiger partial charge in [0.25, 0.3) is 0 Å². The Balaban J connectivity index is 1.89. The van der Waals surface area contributed by atoms with E-state index in [4.69, 9.17) is 10.00 Å². The predicted octanol–water partition coefficient (Wildman–Crippen LogP) is 5.98. The van der Waals surface area contributed by atoms with Gasteiger partial charge < -0.3 is 9.30 Å². The van der Waals surface area contributed by atoms with Crippen molar-refractivity contribution in [1.29, 1.82) is 5.26 Å². The van der Waals surface area contributed by atoms with Crippen LogP contribution in [0.5, 0.6) is 5.75 Å². The van der Waals surface area contributed by atoms with Crippen molar-refractivity contribution in [2.45, 2.75) is 40.2 Å². The number of hydrogen-bond donors (Lipinski definition) is 0. The maximum atomic E-state index is 12.8. The normalized spacial score (nSPS) is 12.0. The summed E-state index contributed by atoms with van der Waals surface area (Å²) in [6, 6.07) is 19.6. The second-order valence-electron chi connectivity index (χ2n) is 7.71. The van der Waals surface area contributed by atoms with Gasteiger partial charge in [-0.2, -0.15) is 5.26 Å². The molecule has 29 heavy (non-hydrogen) atoms. The molecule has 0 radical (unpaired) electrons. The van der Waals surface area contributed by atoms with Crippen LogP contribution < -0.4 is 4.74 Å². The largest absolute Gasteiger partial charge is 0.426 e. The number of unbranched alkanes of at least 4 members (excludes halogenated alkanes) is 1. The molecule has 1 aromatic heterocycles. The summed E-state index contributed by atoms with van der Waals surface area (Å²) in [5.41, 5.74) is 2.36. The third-order valence-corrected chi connectivity index (χ3v) is 5.33. The summed E-state index contributed by atoms with van der Waals surface area (Å²) >= 11 is 0. The zero-order chi connectivity index (χ0) is 20.9. The maximum Gasteiger partial charge on any atom is 0.321 e. The highest BCUT2D eigenvalue weighted by atomic mass is 16.5. The molecule has 0 N–H and O–H groups in total. The number of carbonyl (C=O) groups is 1. The molecule has 1 heterocycles. The highest BCUT2D eigenvalue weighted by molar-refractivity contribution is 5.91. The van der Waals surface area contributed by atoms with Crippen molar-refractivity contribution in [2.75, 3.05) is 0 Å². The number of ether oxygens (including phenoxy) is 1. The van der Waals surface area contributed by atoms with Gasteiger partial charge in [0, 0.05) is 30.1 Å². The molecule has 0 spiro atoms. The van der Waals surface area contributed by atoms with Gasteiger partial charge in [-0.15, -0.1) is 0 Å². The van der Waals surface area contributed by atoms with Gasteiger partial charge in [0.15, 0.2) is 0 Å². The van der Waals surface area contributed by atoms with E-state index in [1.54, 1.807) is 12.1 Å². The Labute approximate surface area is 172 Å². The van der Waals surface area contributed by atoms with Gasteiger partial charge in [-0.3, -0.25) is 4.79 Å². The molecule has 3 aromatic rings. The molecule has 4 heteroatoms. The van der Waals surface area contributed by atoms with Gasteiger partial charge in [0.05, 0.1) is 11.5 Å². The van der Waals surface area contributed by atoms with E-state index in [0.717, 1.165) is 35.0 Å². The van der Waals surface area contributed by atoms with Crippen LogP contribution in [-0.4, -0.2) is 10.5 Å². The van der Waals surface area contributed by atoms with E-state index in [-0.39, 0.29) is 5.97 Å². The highest BCUT2D eigenvalue weighted by Gasteiger charge is 2.32. The van der Waals surface area contributed by atoms with E-state index < -0.39 is 5.41 Å².